The normalized spacial score (nSPS) is 11.4. The number of aromatic amines is 1. The Labute approximate surface area is 109 Å². The Morgan fingerprint density at radius 2 is 2.30 bits per heavy atom. The fourth-order valence-electron chi connectivity index (χ4n) is 2.04. The van der Waals surface area contributed by atoms with Gasteiger partial charge >= 0.3 is 5.97 Å². The van der Waals surface area contributed by atoms with Crippen LogP contribution in [0.3, 0.4) is 0 Å². The first-order valence-corrected chi connectivity index (χ1v) is 5.65. The average molecular weight is 518 g/mol. The Balaban J connectivity index is 0.00000200. The zero-order chi connectivity index (χ0) is 13.8. The van der Waals surface area contributed by atoms with E-state index in [1.54, 1.807) is 19.4 Å². The zero-order valence-electron chi connectivity index (χ0n) is 10.6. The van der Waals surface area contributed by atoms with Gasteiger partial charge in [-0.25, -0.2) is 0 Å². The fraction of sp³-hybridized carbons (Fsp3) is 0.231. The summed E-state index contributed by atoms with van der Waals surface area (Å²) >= 11 is 0. The number of aliphatic carboxylic acids is 1. The largest absolute Gasteiger partial charge is 0.520 e. The molecule has 1 aromatic heterocycles. The minimum atomic E-state index is -1.10. The van der Waals surface area contributed by atoms with E-state index in [9.17, 15) is 9.59 Å². The number of nitrogens with one attached hydrogen (secondary N) is 2. The number of amides is 1. The third kappa shape index (κ3) is 2.50. The molecule has 1 aromatic carbocycles. The molecule has 1 amide bonds. The smallest absolute Gasteiger partial charge is 0.323 e. The molecule has 2 rings (SSSR count). The van der Waals surface area contributed by atoms with E-state index in [0.717, 1.165) is 16.5 Å². The van der Waals surface area contributed by atoms with Crippen molar-refractivity contribution in [2.24, 2.45) is 0 Å². The maximum absolute atomic E-state index is 11.0. The number of aromatic nitrogens is 1. The second kappa shape index (κ2) is 5.90. The second-order valence-electron chi connectivity index (χ2n) is 4.04. The number of carbonyl (C=O) groups is 1. The molecule has 0 aliphatic carbocycles. The molecule has 1 atom stereocenters. The van der Waals surface area contributed by atoms with E-state index in [1.165, 1.54) is 6.41 Å². The molecule has 0 saturated carbocycles. The number of H-pyrrole nitrogens is 1. The summed E-state index contributed by atoms with van der Waals surface area (Å²) in [5, 5.41) is 12.0. The minimum Gasteiger partial charge on any atom is -0.520 e. The quantitative estimate of drug-likeness (QED) is 0.391. The number of carboxylic acid groups (broad SMARTS) is 1. The molecule has 7 heteroatoms. The predicted octanol–water partition coefficient (Wildman–Crippen LogP) is 0.829. The molecule has 0 aliphatic rings. The number of fused-ring (bicyclic) bond motifs is 1. The Hall–Kier alpha value is -3.50. The van der Waals surface area contributed by atoms with Gasteiger partial charge in [0.05, 0.1) is 7.11 Å². The zero-order valence-corrected chi connectivity index (χ0v) is 13.0. The summed E-state index contributed by atoms with van der Waals surface area (Å²) in [6.07, 6.45) is 3.29. The van der Waals surface area contributed by atoms with Crippen molar-refractivity contribution in [3.63, 3.8) is 0 Å². The molecule has 20 heavy (non-hydrogen) atoms. The number of rotatable bonds is 6. The van der Waals surface area contributed by atoms with E-state index < -0.39 is 12.0 Å². The molecule has 0 unspecified atom stereocenters. The Morgan fingerprint density at radius 1 is 1.55 bits per heavy atom. The molecule has 0 bridgehead atoms. The van der Waals surface area contributed by atoms with Crippen LogP contribution in [-0.4, -0.2) is 35.6 Å². The third-order valence-corrected chi connectivity index (χ3v) is 2.92. The van der Waals surface area contributed by atoms with Gasteiger partial charge in [0.25, 0.3) is 0 Å². The first kappa shape index (κ1) is 14.6. The summed E-state index contributed by atoms with van der Waals surface area (Å²) in [6, 6.07) is 4.50. The van der Waals surface area contributed by atoms with Crippen molar-refractivity contribution >= 4 is 23.3 Å². The first-order chi connectivity index (χ1) is 9.17. The van der Waals surface area contributed by atoms with Gasteiger partial charge in [-0.3, -0.25) is 4.79 Å². The average Bonchev–Trinajstić information content (AvgIpc) is 2.81. The van der Waals surface area contributed by atoms with Crippen LogP contribution in [0.5, 0.6) is 5.75 Å². The second-order valence-corrected chi connectivity index (χ2v) is 4.04. The van der Waals surface area contributed by atoms with E-state index in [0.29, 0.717) is 5.75 Å². The van der Waals surface area contributed by atoms with Crippen LogP contribution in [0.1, 0.15) is 5.56 Å². The third-order valence-electron chi connectivity index (χ3n) is 2.92. The van der Waals surface area contributed by atoms with Crippen molar-refractivity contribution in [3.8, 4) is 5.75 Å². The van der Waals surface area contributed by atoms with Crippen molar-refractivity contribution in [3.05, 3.63) is 30.0 Å². The first-order valence-electron chi connectivity index (χ1n) is 5.65. The van der Waals surface area contributed by atoms with Crippen LogP contribution < -0.4 is 10.1 Å². The number of carbonyl (C=O) groups excluding carboxylic acids is 1. The van der Waals surface area contributed by atoms with Gasteiger partial charge < -0.3 is 24.9 Å². The number of benzene rings is 1. The summed E-state index contributed by atoms with van der Waals surface area (Å²) in [6.45, 7) is 0. The summed E-state index contributed by atoms with van der Waals surface area (Å²) in [7, 11) is 1.55. The molecule has 112 valence electrons. The number of carboxylic acids is 1. The summed E-state index contributed by atoms with van der Waals surface area (Å²) in [5.41, 5.74) is 1.62. The molecule has 1 heterocycles. The Kier molecular flexibility index (Phi) is 4.30. The van der Waals surface area contributed by atoms with Gasteiger partial charge in [-0.1, -0.05) is 6.07 Å². The summed E-state index contributed by atoms with van der Waals surface area (Å²) in [4.78, 5) is 24.4. The van der Waals surface area contributed by atoms with Crippen LogP contribution in [0.2, 0.25) is 0 Å². The maximum Gasteiger partial charge on any atom is 0.323 e. The summed E-state index contributed by atoms with van der Waals surface area (Å²) < 4.78 is 5.26. The van der Waals surface area contributed by atoms with Gasteiger partial charge in [0, 0.05) is 23.5 Å². The standard InChI is InChI=1S/C13H13N2O4.Fm/c1-19-11-4-2-3-9-12(11)8(6-14-9)5-10(13(17)18)15-7-16;/h2-4,6,10,14H,5H2,1H3,(H,15,16)(H,17,18);/q-1;/t10-;/m0./s1. The van der Waals surface area contributed by atoms with Gasteiger partial charge in [0.1, 0.15) is 11.8 Å². The molecule has 6 nitrogen and oxygen atoms in total. The van der Waals surface area contributed by atoms with Crippen LogP contribution in [0.25, 0.3) is 10.9 Å². The van der Waals surface area contributed by atoms with E-state index in [-0.39, 0.29) is 6.42 Å². The van der Waals surface area contributed by atoms with Gasteiger partial charge in [-0.15, -0.1) is 0 Å². The van der Waals surface area contributed by atoms with Crippen molar-refractivity contribution in [2.45, 2.75) is 12.5 Å². The van der Waals surface area contributed by atoms with Crippen LogP contribution in [0, 0.1) is 0 Å². The predicted molar refractivity (Wildman–Crippen MR) is 68.8 cm³/mol. The molecule has 0 spiro atoms. The van der Waals surface area contributed by atoms with E-state index in [2.05, 4.69) is 10.3 Å². The molecule has 0 radical (unpaired) electrons. The fourth-order valence-corrected chi connectivity index (χ4v) is 2.04. The number of hydrogen-bond donors (Lipinski definition) is 3. The maximum atomic E-state index is 11.0. The molecular formula is C13H13FmN2O4-. The van der Waals surface area contributed by atoms with Gasteiger partial charge in [-0.2, -0.15) is 6.41 Å². The molecule has 2 aromatic rings. The molecule has 3 N–H and O–H groups in total. The van der Waals surface area contributed by atoms with Crippen molar-refractivity contribution in [1.82, 2.24) is 10.3 Å². The monoisotopic (exact) mass is 518 g/mol. The minimum absolute atomic E-state index is 0. The van der Waals surface area contributed by atoms with Crippen LogP contribution in [0.15, 0.2) is 24.4 Å². The number of hydrogen-bond acceptors (Lipinski definition) is 3. The van der Waals surface area contributed by atoms with E-state index >= 15 is 0 Å². The molecule has 0 saturated heterocycles. The molecule has 0 fully saturated rings. The number of methoxy groups -OCH3 is 1. The van der Waals surface area contributed by atoms with Crippen LogP contribution >= 0.6 is 0 Å². The van der Waals surface area contributed by atoms with Crippen molar-refractivity contribution in [2.75, 3.05) is 7.11 Å². The summed E-state index contributed by atoms with van der Waals surface area (Å²) in [5.74, 6) is -0.444. The van der Waals surface area contributed by atoms with Crippen LogP contribution in [-0.2, 0) is 16.0 Å². The van der Waals surface area contributed by atoms with Gasteiger partial charge in [0.2, 0.25) is 0 Å². The van der Waals surface area contributed by atoms with E-state index in [1.807, 2.05) is 12.1 Å². The Morgan fingerprint density at radius 3 is 2.90 bits per heavy atom. The van der Waals surface area contributed by atoms with Gasteiger partial charge in [-0.05, 0) is 17.7 Å². The topological polar surface area (TPSA) is 91.4 Å². The van der Waals surface area contributed by atoms with Crippen LogP contribution in [0.4, 0.5) is 0 Å². The van der Waals surface area contributed by atoms with Gasteiger partial charge in [0.15, 0.2) is 0 Å². The number of ether oxygens (including phenoxy) is 1. The Bertz CT molecular complexity index is 611. The molecule has 0 aliphatic heterocycles. The van der Waals surface area contributed by atoms with Crippen molar-refractivity contribution < 1.29 is 19.4 Å². The SMILES string of the molecule is COc1cccc2[nH]cc(C[C@H](N[C-]=O)C(=O)O)c12.[Fm]. The van der Waals surface area contributed by atoms with E-state index in [4.69, 9.17) is 9.84 Å². The molecular weight excluding hydrogens is 505 g/mol. The van der Waals surface area contributed by atoms with Crippen molar-refractivity contribution in [1.29, 1.82) is 0 Å².